The van der Waals surface area contributed by atoms with Gasteiger partial charge in [0.05, 0.1) is 11.0 Å². The maximum absolute atomic E-state index is 6.31. The van der Waals surface area contributed by atoms with Crippen molar-refractivity contribution in [2.24, 2.45) is 5.73 Å². The predicted octanol–water partition coefficient (Wildman–Crippen LogP) is 1.63. The Morgan fingerprint density at radius 1 is 1.14 bits per heavy atom. The quantitative estimate of drug-likeness (QED) is 0.783. The minimum atomic E-state index is 0.597. The summed E-state index contributed by atoms with van der Waals surface area (Å²) in [6, 6.07) is 3.88. The summed E-state index contributed by atoms with van der Waals surface area (Å²) in [5.41, 5.74) is 15.5. The van der Waals surface area contributed by atoms with E-state index in [0.717, 1.165) is 45.3 Å². The summed E-state index contributed by atoms with van der Waals surface area (Å²) in [7, 11) is 0. The Morgan fingerprint density at radius 3 is 2.68 bits per heavy atom. The second-order valence-electron chi connectivity index (χ2n) is 5.50. The van der Waals surface area contributed by atoms with E-state index in [4.69, 9.17) is 23.1 Å². The van der Waals surface area contributed by atoms with E-state index in [1.54, 1.807) is 6.20 Å². The Labute approximate surface area is 133 Å². The lowest BCUT2D eigenvalue weighted by molar-refractivity contribution is 1.01. The van der Waals surface area contributed by atoms with Gasteiger partial charge in [-0.3, -0.25) is 0 Å². The van der Waals surface area contributed by atoms with Crippen molar-refractivity contribution >= 4 is 39.7 Å². The van der Waals surface area contributed by atoms with Crippen molar-refractivity contribution in [1.29, 1.82) is 0 Å². The van der Waals surface area contributed by atoms with E-state index in [-0.39, 0.29) is 0 Å². The Bertz CT molecular complexity index is 873. The Balaban J connectivity index is 2.14. The fourth-order valence-corrected chi connectivity index (χ4v) is 2.71. The lowest BCUT2D eigenvalue weighted by Crippen LogP contribution is -2.37. The van der Waals surface area contributed by atoms with Gasteiger partial charge in [0.1, 0.15) is 5.82 Å². The molecule has 0 aromatic carbocycles. The third kappa shape index (κ3) is 2.48. The van der Waals surface area contributed by atoms with Gasteiger partial charge in [0.2, 0.25) is 0 Å². The Hall–Kier alpha value is -2.27. The molecule has 22 heavy (non-hydrogen) atoms. The van der Waals surface area contributed by atoms with Gasteiger partial charge in [0.25, 0.3) is 0 Å². The predicted molar refractivity (Wildman–Crippen MR) is 91.0 cm³/mol. The fourth-order valence-electron chi connectivity index (χ4n) is 2.47. The molecule has 1 aliphatic rings. The monoisotopic (exact) mass is 315 g/mol. The number of nitrogens with one attached hydrogen (secondary N) is 1. The van der Waals surface area contributed by atoms with E-state index in [0.29, 0.717) is 17.3 Å². The van der Waals surface area contributed by atoms with Gasteiger partial charge in [-0.2, -0.15) is 0 Å². The number of nitrogen functional groups attached to an aromatic ring is 1. The topological polar surface area (TPSA) is 89.8 Å². The molecule has 0 fully saturated rings. The maximum atomic E-state index is 6.31. The van der Waals surface area contributed by atoms with Crippen LogP contribution in [0.3, 0.4) is 0 Å². The van der Waals surface area contributed by atoms with Crippen LogP contribution in [0.15, 0.2) is 18.3 Å². The number of halogens is 1. The van der Waals surface area contributed by atoms with Crippen molar-refractivity contribution in [2.45, 2.75) is 26.7 Å². The van der Waals surface area contributed by atoms with Crippen molar-refractivity contribution in [3.63, 3.8) is 0 Å². The number of fused-ring (bicyclic) bond motifs is 1. The third-order valence-corrected chi connectivity index (χ3v) is 4.24. The first kappa shape index (κ1) is 14.7. The molecule has 0 saturated heterocycles. The number of hydrogen-bond acceptors (Lipinski definition) is 5. The van der Waals surface area contributed by atoms with Gasteiger partial charge in [-0.05, 0) is 49.9 Å². The zero-order valence-electron chi connectivity index (χ0n) is 12.6. The molecule has 2 aromatic heterocycles. The van der Waals surface area contributed by atoms with Crippen LogP contribution in [-0.2, 0) is 0 Å². The standard InChI is InChI=1S/C16H18ClN5/c1-8-5-6-20-16(13(8)19)22-15-9(2)7-10-12(18)4-3-11(17)14(10)21-15/h5-7H,3-4,18-19H2,1-2H3,(H,20,21,22). The van der Waals surface area contributed by atoms with Gasteiger partial charge in [0, 0.05) is 22.1 Å². The van der Waals surface area contributed by atoms with Crippen molar-refractivity contribution in [1.82, 2.24) is 9.97 Å². The highest BCUT2D eigenvalue weighted by Gasteiger charge is 2.12. The zero-order chi connectivity index (χ0) is 15.9. The molecule has 0 bridgehead atoms. The number of nitrogens with zero attached hydrogens (tertiary/aromatic N) is 2. The minimum absolute atomic E-state index is 0.597. The molecule has 0 spiro atoms. The highest BCUT2D eigenvalue weighted by atomic mass is 35.5. The van der Waals surface area contributed by atoms with Gasteiger partial charge in [-0.15, -0.1) is 0 Å². The molecule has 3 rings (SSSR count). The summed E-state index contributed by atoms with van der Waals surface area (Å²) < 4.78 is 0. The summed E-state index contributed by atoms with van der Waals surface area (Å²) in [6.07, 6.45) is 3.21. The summed E-state index contributed by atoms with van der Waals surface area (Å²) >= 11 is 6.31. The second-order valence-corrected chi connectivity index (χ2v) is 5.95. The summed E-state index contributed by atoms with van der Waals surface area (Å²) in [4.78, 5) is 8.91. The summed E-state index contributed by atoms with van der Waals surface area (Å²) in [6.45, 7) is 3.91. The number of rotatable bonds is 2. The SMILES string of the molecule is Cc1cc2c(nc1Nc1nccc(C)c1N)=C(Cl)CCC=2N. The maximum Gasteiger partial charge on any atom is 0.155 e. The van der Waals surface area contributed by atoms with E-state index in [9.17, 15) is 0 Å². The molecular formula is C16H18ClN5. The highest BCUT2D eigenvalue weighted by Crippen LogP contribution is 2.23. The van der Waals surface area contributed by atoms with Crippen LogP contribution in [0.25, 0.3) is 10.7 Å². The van der Waals surface area contributed by atoms with E-state index < -0.39 is 0 Å². The molecule has 2 aromatic rings. The zero-order valence-corrected chi connectivity index (χ0v) is 13.3. The molecule has 0 amide bonds. The number of aromatic nitrogens is 2. The average molecular weight is 316 g/mol. The highest BCUT2D eigenvalue weighted by molar-refractivity contribution is 6.45. The molecule has 2 heterocycles. The third-order valence-electron chi connectivity index (χ3n) is 3.87. The van der Waals surface area contributed by atoms with Gasteiger partial charge in [-0.25, -0.2) is 9.97 Å². The number of aryl methyl sites for hydroxylation is 2. The van der Waals surface area contributed by atoms with Crippen LogP contribution >= 0.6 is 11.6 Å². The molecule has 0 unspecified atom stereocenters. The van der Waals surface area contributed by atoms with Crippen LogP contribution in [0, 0.1) is 13.8 Å². The van der Waals surface area contributed by atoms with Crippen molar-refractivity contribution in [3.05, 3.63) is 40.0 Å². The molecule has 114 valence electrons. The smallest absolute Gasteiger partial charge is 0.155 e. The van der Waals surface area contributed by atoms with Crippen LogP contribution in [0.2, 0.25) is 0 Å². The number of nitrogens with two attached hydrogens (primary N) is 2. The molecular weight excluding hydrogens is 298 g/mol. The van der Waals surface area contributed by atoms with Gasteiger partial charge in [-0.1, -0.05) is 11.6 Å². The van der Waals surface area contributed by atoms with Gasteiger partial charge in [0.15, 0.2) is 5.82 Å². The molecule has 6 heteroatoms. The van der Waals surface area contributed by atoms with Crippen molar-refractivity contribution in [2.75, 3.05) is 11.1 Å². The second kappa shape index (κ2) is 5.50. The first-order chi connectivity index (χ1) is 10.5. The first-order valence-corrected chi connectivity index (χ1v) is 7.48. The first-order valence-electron chi connectivity index (χ1n) is 7.10. The van der Waals surface area contributed by atoms with Crippen LogP contribution in [0.5, 0.6) is 0 Å². The summed E-state index contributed by atoms with van der Waals surface area (Å²) in [5.74, 6) is 1.29. The van der Waals surface area contributed by atoms with E-state index >= 15 is 0 Å². The number of hydrogen-bond donors (Lipinski definition) is 3. The Kier molecular flexibility index (Phi) is 3.66. The van der Waals surface area contributed by atoms with Crippen LogP contribution in [0.1, 0.15) is 24.0 Å². The van der Waals surface area contributed by atoms with Crippen LogP contribution in [-0.4, -0.2) is 9.97 Å². The molecule has 0 aliphatic heterocycles. The van der Waals surface area contributed by atoms with Crippen LogP contribution < -0.4 is 27.4 Å². The van der Waals surface area contributed by atoms with E-state index in [2.05, 4.69) is 15.3 Å². The fraction of sp³-hybridized carbons (Fsp3) is 0.250. The summed E-state index contributed by atoms with van der Waals surface area (Å²) in [5, 5.41) is 5.59. The Morgan fingerprint density at radius 2 is 1.91 bits per heavy atom. The van der Waals surface area contributed by atoms with Gasteiger partial charge >= 0.3 is 0 Å². The van der Waals surface area contributed by atoms with Crippen molar-refractivity contribution < 1.29 is 0 Å². The molecule has 5 N–H and O–H groups in total. The number of anilines is 3. The number of pyridine rings is 2. The minimum Gasteiger partial charge on any atom is -0.401 e. The molecule has 1 aliphatic carbocycles. The largest absolute Gasteiger partial charge is 0.401 e. The van der Waals surface area contributed by atoms with E-state index in [1.807, 2.05) is 26.0 Å². The molecule has 0 radical (unpaired) electrons. The average Bonchev–Trinajstić information content (AvgIpc) is 2.49. The van der Waals surface area contributed by atoms with E-state index in [1.165, 1.54) is 0 Å². The molecule has 0 atom stereocenters. The van der Waals surface area contributed by atoms with Gasteiger partial charge < -0.3 is 16.8 Å². The lowest BCUT2D eigenvalue weighted by atomic mass is 10.1. The van der Waals surface area contributed by atoms with Crippen molar-refractivity contribution in [3.8, 4) is 0 Å². The molecule has 5 nitrogen and oxygen atoms in total. The normalized spacial score (nSPS) is 14.0. The molecule has 0 saturated carbocycles. The van der Waals surface area contributed by atoms with Crippen LogP contribution in [0.4, 0.5) is 17.3 Å². The lowest BCUT2D eigenvalue weighted by Gasteiger charge is -2.14.